The summed E-state index contributed by atoms with van der Waals surface area (Å²) in [4.78, 5) is 17.8. The summed E-state index contributed by atoms with van der Waals surface area (Å²) in [6.45, 7) is 0.0965. The van der Waals surface area contributed by atoms with E-state index in [1.807, 2.05) is 30.5 Å². The molecule has 34 heavy (non-hydrogen) atoms. The van der Waals surface area contributed by atoms with E-state index < -0.39 is 17.8 Å². The number of hydrogen-bond acceptors (Lipinski definition) is 5. The van der Waals surface area contributed by atoms with E-state index in [9.17, 15) is 18.0 Å². The standard InChI is InChI=1S/C25H20ClF3N2O2S/c1-34-19-12-6-16(7-13-19)15-33-24(32)18-10-8-17(9-11-18)22(14-23(30)25(27,28)29)31-21-5-3-2-4-20(21)26/h2-14H,15,30H2,1H3. The number of aliphatic imine (C=N–C) groups is 1. The fourth-order valence-corrected chi connectivity index (χ4v) is 3.40. The van der Waals surface area contributed by atoms with Crippen LogP contribution in [0.25, 0.3) is 0 Å². The number of esters is 1. The third kappa shape index (κ3) is 6.88. The van der Waals surface area contributed by atoms with E-state index in [1.54, 1.807) is 36.0 Å². The van der Waals surface area contributed by atoms with Crippen molar-refractivity contribution in [3.05, 3.63) is 106 Å². The van der Waals surface area contributed by atoms with Gasteiger partial charge in [-0.05, 0) is 54.3 Å². The van der Waals surface area contributed by atoms with Gasteiger partial charge in [-0.2, -0.15) is 13.2 Å². The number of nitrogens with two attached hydrogens (primary N) is 1. The summed E-state index contributed by atoms with van der Waals surface area (Å²) in [6, 6.07) is 19.9. The monoisotopic (exact) mass is 504 g/mol. The Bertz CT molecular complexity index is 1210. The van der Waals surface area contributed by atoms with Gasteiger partial charge in [-0.25, -0.2) is 9.79 Å². The molecule has 0 atom stereocenters. The average Bonchev–Trinajstić information content (AvgIpc) is 2.83. The average molecular weight is 505 g/mol. The lowest BCUT2D eigenvalue weighted by atomic mass is 10.1. The van der Waals surface area contributed by atoms with E-state index in [0.29, 0.717) is 5.56 Å². The predicted molar refractivity (Wildman–Crippen MR) is 130 cm³/mol. The number of carbonyl (C=O) groups excluding carboxylic acids is 1. The number of para-hydroxylation sites is 1. The Labute approximate surface area is 204 Å². The summed E-state index contributed by atoms with van der Waals surface area (Å²) in [6.07, 6.45) is -2.02. The van der Waals surface area contributed by atoms with Crippen molar-refractivity contribution < 1.29 is 22.7 Å². The van der Waals surface area contributed by atoms with Gasteiger partial charge in [0.2, 0.25) is 0 Å². The minimum atomic E-state index is -4.72. The largest absolute Gasteiger partial charge is 0.457 e. The van der Waals surface area contributed by atoms with Gasteiger partial charge in [-0.1, -0.05) is 48.0 Å². The maximum absolute atomic E-state index is 13.0. The lowest BCUT2D eigenvalue weighted by Gasteiger charge is -2.10. The molecule has 176 valence electrons. The minimum absolute atomic E-state index is 0.0586. The molecule has 2 N–H and O–H groups in total. The van der Waals surface area contributed by atoms with Crippen LogP contribution < -0.4 is 5.73 Å². The molecule has 4 nitrogen and oxygen atoms in total. The van der Waals surface area contributed by atoms with Crippen LogP contribution in [0.2, 0.25) is 5.02 Å². The van der Waals surface area contributed by atoms with Crippen molar-refractivity contribution >= 4 is 40.7 Å². The number of benzene rings is 3. The van der Waals surface area contributed by atoms with Crippen LogP contribution >= 0.6 is 23.4 Å². The fraction of sp³-hybridized carbons (Fsp3) is 0.120. The molecule has 0 heterocycles. The number of hydrogen-bond donors (Lipinski definition) is 1. The SMILES string of the molecule is CSc1ccc(COC(=O)c2ccc(C(C=C(N)C(F)(F)F)=Nc3ccccc3Cl)cc2)cc1. The molecule has 0 radical (unpaired) electrons. The second kappa shape index (κ2) is 11.3. The number of nitrogens with zero attached hydrogens (tertiary/aromatic N) is 1. The summed E-state index contributed by atoms with van der Waals surface area (Å²) in [7, 11) is 0. The van der Waals surface area contributed by atoms with Crippen molar-refractivity contribution in [2.24, 2.45) is 10.7 Å². The van der Waals surface area contributed by atoms with Crippen LogP contribution in [-0.4, -0.2) is 24.1 Å². The van der Waals surface area contributed by atoms with Crippen LogP contribution in [0.4, 0.5) is 18.9 Å². The quantitative estimate of drug-likeness (QED) is 0.215. The molecule has 3 rings (SSSR count). The highest BCUT2D eigenvalue weighted by Crippen LogP contribution is 2.27. The van der Waals surface area contributed by atoms with Gasteiger partial charge >= 0.3 is 12.1 Å². The highest BCUT2D eigenvalue weighted by Gasteiger charge is 2.31. The molecule has 0 aliphatic carbocycles. The van der Waals surface area contributed by atoms with Gasteiger partial charge in [-0.15, -0.1) is 11.8 Å². The molecular formula is C25H20ClF3N2O2S. The molecule has 0 saturated heterocycles. The molecule has 9 heteroatoms. The highest BCUT2D eigenvalue weighted by atomic mass is 35.5. The van der Waals surface area contributed by atoms with Crippen molar-refractivity contribution in [2.45, 2.75) is 17.7 Å². The van der Waals surface area contributed by atoms with Crippen molar-refractivity contribution in [1.82, 2.24) is 0 Å². The smallest absolute Gasteiger partial charge is 0.430 e. The van der Waals surface area contributed by atoms with Crippen LogP contribution in [0.1, 0.15) is 21.5 Å². The third-order valence-corrected chi connectivity index (χ3v) is 5.72. The maximum Gasteiger partial charge on any atom is 0.430 e. The summed E-state index contributed by atoms with van der Waals surface area (Å²) < 4.78 is 44.5. The van der Waals surface area contributed by atoms with Crippen molar-refractivity contribution in [3.63, 3.8) is 0 Å². The predicted octanol–water partition coefficient (Wildman–Crippen LogP) is 6.94. The van der Waals surface area contributed by atoms with Crippen LogP contribution in [-0.2, 0) is 11.3 Å². The highest BCUT2D eigenvalue weighted by molar-refractivity contribution is 7.98. The van der Waals surface area contributed by atoms with E-state index in [0.717, 1.165) is 16.5 Å². The zero-order valence-electron chi connectivity index (χ0n) is 18.0. The van der Waals surface area contributed by atoms with Crippen LogP contribution in [0.5, 0.6) is 0 Å². The van der Waals surface area contributed by atoms with Gasteiger partial charge in [0.25, 0.3) is 0 Å². The molecule has 0 spiro atoms. The van der Waals surface area contributed by atoms with Gasteiger partial charge in [0.05, 0.1) is 22.0 Å². The summed E-state index contributed by atoms with van der Waals surface area (Å²) in [5.74, 6) is -0.560. The normalized spacial score (nSPS) is 12.5. The lowest BCUT2D eigenvalue weighted by Crippen LogP contribution is -2.21. The second-order valence-corrected chi connectivity index (χ2v) is 8.33. The minimum Gasteiger partial charge on any atom is -0.457 e. The number of halogens is 4. The Morgan fingerprint density at radius 1 is 1.03 bits per heavy atom. The molecule has 0 saturated carbocycles. The number of rotatable bonds is 7. The first-order chi connectivity index (χ1) is 16.2. The van der Waals surface area contributed by atoms with Crippen molar-refractivity contribution in [3.8, 4) is 0 Å². The van der Waals surface area contributed by atoms with E-state index in [4.69, 9.17) is 22.1 Å². The molecule has 0 aliphatic heterocycles. The van der Waals surface area contributed by atoms with Crippen LogP contribution in [0.15, 0.2) is 94.5 Å². The number of allylic oxidation sites excluding steroid dienone is 2. The molecular weight excluding hydrogens is 485 g/mol. The Balaban J connectivity index is 1.82. The lowest BCUT2D eigenvalue weighted by molar-refractivity contribution is -0.0925. The zero-order chi connectivity index (χ0) is 24.7. The number of carbonyl (C=O) groups is 1. The Kier molecular flexibility index (Phi) is 8.41. The molecule has 0 unspecified atom stereocenters. The Morgan fingerprint density at radius 3 is 2.24 bits per heavy atom. The summed E-state index contributed by atoms with van der Waals surface area (Å²) >= 11 is 7.72. The van der Waals surface area contributed by atoms with E-state index in [-0.39, 0.29) is 28.6 Å². The van der Waals surface area contributed by atoms with Crippen molar-refractivity contribution in [1.29, 1.82) is 0 Å². The molecule has 0 amide bonds. The maximum atomic E-state index is 13.0. The topological polar surface area (TPSA) is 64.7 Å². The van der Waals surface area contributed by atoms with E-state index >= 15 is 0 Å². The van der Waals surface area contributed by atoms with E-state index in [2.05, 4.69) is 4.99 Å². The van der Waals surface area contributed by atoms with Crippen molar-refractivity contribution in [2.75, 3.05) is 6.26 Å². The van der Waals surface area contributed by atoms with Gasteiger partial charge in [0.1, 0.15) is 12.3 Å². The van der Waals surface area contributed by atoms with Gasteiger partial charge < -0.3 is 10.5 Å². The zero-order valence-corrected chi connectivity index (χ0v) is 19.5. The molecule has 0 bridgehead atoms. The van der Waals surface area contributed by atoms with Crippen LogP contribution in [0.3, 0.4) is 0 Å². The Morgan fingerprint density at radius 2 is 1.65 bits per heavy atom. The Hall–Kier alpha value is -3.23. The van der Waals surface area contributed by atoms with Gasteiger partial charge in [0, 0.05) is 10.5 Å². The molecule has 0 fully saturated rings. The molecule has 3 aromatic rings. The second-order valence-electron chi connectivity index (χ2n) is 7.05. The number of thioether (sulfide) groups is 1. The first kappa shape index (κ1) is 25.4. The third-order valence-electron chi connectivity index (χ3n) is 4.66. The molecule has 0 aliphatic rings. The van der Waals surface area contributed by atoms with E-state index in [1.165, 1.54) is 24.3 Å². The summed E-state index contributed by atoms with van der Waals surface area (Å²) in [5.41, 5.74) is 5.53. The first-order valence-electron chi connectivity index (χ1n) is 9.95. The summed E-state index contributed by atoms with van der Waals surface area (Å²) in [5, 5.41) is 0.268. The molecule has 3 aromatic carbocycles. The molecule has 0 aromatic heterocycles. The van der Waals surface area contributed by atoms with Crippen LogP contribution in [0, 0.1) is 0 Å². The van der Waals surface area contributed by atoms with Gasteiger partial charge in [-0.3, -0.25) is 0 Å². The first-order valence-corrected chi connectivity index (χ1v) is 11.6. The fourth-order valence-electron chi connectivity index (χ4n) is 2.81. The number of alkyl halides is 3. The van der Waals surface area contributed by atoms with Gasteiger partial charge in [0.15, 0.2) is 0 Å². The number of ether oxygens (including phenoxy) is 1.